The molecule has 0 spiro atoms. The van der Waals surface area contributed by atoms with E-state index in [0.29, 0.717) is 18.5 Å². The van der Waals surface area contributed by atoms with Crippen LogP contribution in [0.25, 0.3) is 11.3 Å². The van der Waals surface area contributed by atoms with Gasteiger partial charge in [-0.25, -0.2) is 0 Å². The Morgan fingerprint density at radius 3 is 2.89 bits per heavy atom. The van der Waals surface area contributed by atoms with Gasteiger partial charge in [0.1, 0.15) is 0 Å². The Morgan fingerprint density at radius 1 is 1.37 bits per heavy atom. The number of nitrogens with zero attached hydrogens (tertiary/aromatic N) is 1. The van der Waals surface area contributed by atoms with E-state index in [-0.39, 0.29) is 18.5 Å². The average Bonchev–Trinajstić information content (AvgIpc) is 2.89. The lowest BCUT2D eigenvalue weighted by atomic mass is 9.95. The van der Waals surface area contributed by atoms with Crippen LogP contribution in [0.3, 0.4) is 0 Å². The van der Waals surface area contributed by atoms with Crippen LogP contribution in [0, 0.1) is 0 Å². The van der Waals surface area contributed by atoms with E-state index in [1.54, 1.807) is 12.4 Å². The van der Waals surface area contributed by atoms with Crippen LogP contribution < -0.4 is 5.32 Å². The largest absolute Gasteiger partial charge is 0.357 e. The number of carbonyl (C=O) groups is 1. The van der Waals surface area contributed by atoms with E-state index >= 15 is 0 Å². The maximum Gasteiger partial charge on any atom is 0.253 e. The number of hydrogen-bond donors (Lipinski definition) is 2. The number of H-pyrrole nitrogens is 1. The van der Waals surface area contributed by atoms with Crippen LogP contribution in [-0.4, -0.2) is 29.1 Å². The third-order valence-electron chi connectivity index (χ3n) is 3.46. The van der Waals surface area contributed by atoms with Crippen molar-refractivity contribution >= 4 is 5.91 Å². The van der Waals surface area contributed by atoms with Gasteiger partial charge in [-0.2, -0.15) is 0 Å². The van der Waals surface area contributed by atoms with Crippen LogP contribution in [0.2, 0.25) is 0 Å². The first-order chi connectivity index (χ1) is 9.29. The molecule has 0 fully saturated rings. The maximum absolute atomic E-state index is 12.6. The van der Waals surface area contributed by atoms with Crippen molar-refractivity contribution in [3.63, 3.8) is 0 Å². The molecule has 0 aromatic carbocycles. The van der Waals surface area contributed by atoms with Crippen LogP contribution in [0.1, 0.15) is 28.4 Å². The van der Waals surface area contributed by atoms with Gasteiger partial charge in [0.25, 0.3) is 5.91 Å². The molecule has 98 valence electrons. The molecule has 1 aliphatic heterocycles. The summed E-state index contributed by atoms with van der Waals surface area (Å²) >= 11 is 0. The lowest BCUT2D eigenvalue weighted by Crippen LogP contribution is -2.34. The number of aromatic amines is 1. The Balaban J connectivity index is 2.03. The Morgan fingerprint density at radius 2 is 2.16 bits per heavy atom. The van der Waals surface area contributed by atoms with Crippen molar-refractivity contribution in [3.8, 4) is 11.3 Å². The van der Waals surface area contributed by atoms with Crippen molar-refractivity contribution in [2.45, 2.75) is 12.3 Å². The summed E-state index contributed by atoms with van der Waals surface area (Å²) in [6.45, 7) is 0.107. The normalized spacial score (nSPS) is 17.9. The number of nitrogens with one attached hydrogen (secondary N) is 2. The molecule has 5 heteroatoms. The van der Waals surface area contributed by atoms with E-state index in [2.05, 4.69) is 15.3 Å². The molecule has 0 bridgehead atoms. The highest BCUT2D eigenvalue weighted by Gasteiger charge is 2.27. The first-order valence-electron chi connectivity index (χ1n) is 6.27. The second kappa shape index (κ2) is 4.84. The SMILES string of the molecule is O=C1NC[C@@H](CCF)c2[nH]c(-c3ccncc3)cc21. The van der Waals surface area contributed by atoms with Crippen LogP contribution in [0.15, 0.2) is 30.6 Å². The van der Waals surface area contributed by atoms with Crippen molar-refractivity contribution in [2.24, 2.45) is 0 Å². The molecule has 2 aromatic rings. The number of pyridine rings is 1. The minimum atomic E-state index is -0.385. The second-order valence-electron chi connectivity index (χ2n) is 4.63. The number of rotatable bonds is 3. The fourth-order valence-corrected chi connectivity index (χ4v) is 2.46. The highest BCUT2D eigenvalue weighted by atomic mass is 19.1. The lowest BCUT2D eigenvalue weighted by Gasteiger charge is -2.21. The summed E-state index contributed by atoms with van der Waals surface area (Å²) < 4.78 is 12.6. The van der Waals surface area contributed by atoms with Crippen molar-refractivity contribution in [1.82, 2.24) is 15.3 Å². The third kappa shape index (κ3) is 2.12. The number of halogens is 1. The second-order valence-corrected chi connectivity index (χ2v) is 4.63. The van der Waals surface area contributed by atoms with E-state index in [1.807, 2.05) is 18.2 Å². The van der Waals surface area contributed by atoms with Gasteiger partial charge in [-0.3, -0.25) is 14.2 Å². The summed E-state index contributed by atoms with van der Waals surface area (Å²) in [4.78, 5) is 19.1. The smallest absolute Gasteiger partial charge is 0.253 e. The van der Waals surface area contributed by atoms with E-state index in [0.717, 1.165) is 17.0 Å². The molecule has 1 atom stereocenters. The Bertz CT molecular complexity index is 594. The first kappa shape index (κ1) is 11.9. The van der Waals surface area contributed by atoms with Crippen LogP contribution >= 0.6 is 0 Å². The molecule has 1 aliphatic rings. The third-order valence-corrected chi connectivity index (χ3v) is 3.46. The van der Waals surface area contributed by atoms with Crippen molar-refractivity contribution in [2.75, 3.05) is 13.2 Å². The van der Waals surface area contributed by atoms with Gasteiger partial charge in [0.05, 0.1) is 12.2 Å². The number of aromatic nitrogens is 2. The van der Waals surface area contributed by atoms with Crippen molar-refractivity contribution < 1.29 is 9.18 Å². The number of fused-ring (bicyclic) bond motifs is 1. The fourth-order valence-electron chi connectivity index (χ4n) is 2.46. The van der Waals surface area contributed by atoms with Crippen molar-refractivity contribution in [3.05, 3.63) is 41.9 Å². The van der Waals surface area contributed by atoms with Gasteiger partial charge in [0.15, 0.2) is 0 Å². The van der Waals surface area contributed by atoms with Crippen LogP contribution in [0.5, 0.6) is 0 Å². The van der Waals surface area contributed by atoms with E-state index in [4.69, 9.17) is 0 Å². The minimum Gasteiger partial charge on any atom is -0.357 e. The molecular formula is C14H14FN3O. The molecule has 3 heterocycles. The molecule has 19 heavy (non-hydrogen) atoms. The highest BCUT2D eigenvalue weighted by molar-refractivity contribution is 5.98. The van der Waals surface area contributed by atoms with Gasteiger partial charge in [-0.05, 0) is 24.6 Å². The van der Waals surface area contributed by atoms with Gasteiger partial charge >= 0.3 is 0 Å². The molecule has 0 radical (unpaired) electrons. The quantitative estimate of drug-likeness (QED) is 0.888. The molecular weight excluding hydrogens is 245 g/mol. The average molecular weight is 259 g/mol. The molecule has 2 aromatic heterocycles. The zero-order valence-corrected chi connectivity index (χ0v) is 10.3. The van der Waals surface area contributed by atoms with Crippen LogP contribution in [0.4, 0.5) is 4.39 Å². The Labute approximate surface area is 110 Å². The maximum atomic E-state index is 12.6. The number of carbonyl (C=O) groups excluding carboxylic acids is 1. The predicted molar refractivity (Wildman–Crippen MR) is 69.7 cm³/mol. The molecule has 0 unspecified atom stereocenters. The van der Waals surface area contributed by atoms with E-state index < -0.39 is 0 Å². The Kier molecular flexibility index (Phi) is 3.03. The standard InChI is InChI=1S/C14H14FN3O/c15-4-1-10-8-17-14(19)11-7-12(18-13(10)11)9-2-5-16-6-3-9/h2-3,5-7,10,18H,1,4,8H2,(H,17,19)/t10-/m1/s1. The molecule has 0 saturated carbocycles. The summed E-state index contributed by atoms with van der Waals surface area (Å²) in [6.07, 6.45) is 3.83. The van der Waals surface area contributed by atoms with Gasteiger partial charge < -0.3 is 10.3 Å². The van der Waals surface area contributed by atoms with Gasteiger partial charge in [-0.1, -0.05) is 0 Å². The van der Waals surface area contributed by atoms with Crippen LogP contribution in [-0.2, 0) is 0 Å². The molecule has 0 aliphatic carbocycles. The minimum absolute atomic E-state index is 0.0216. The molecule has 4 nitrogen and oxygen atoms in total. The summed E-state index contributed by atoms with van der Waals surface area (Å²) in [5.74, 6) is -0.0741. The topological polar surface area (TPSA) is 57.8 Å². The van der Waals surface area contributed by atoms with Crippen molar-refractivity contribution in [1.29, 1.82) is 0 Å². The summed E-state index contributed by atoms with van der Waals surface area (Å²) in [7, 11) is 0. The lowest BCUT2D eigenvalue weighted by molar-refractivity contribution is 0.0938. The first-order valence-corrected chi connectivity index (χ1v) is 6.27. The monoisotopic (exact) mass is 259 g/mol. The number of alkyl halides is 1. The Hall–Kier alpha value is -2.17. The zero-order chi connectivity index (χ0) is 13.2. The zero-order valence-electron chi connectivity index (χ0n) is 10.3. The number of amides is 1. The van der Waals surface area contributed by atoms with Gasteiger partial charge in [0.2, 0.25) is 0 Å². The summed E-state index contributed by atoms with van der Waals surface area (Å²) in [5, 5.41) is 2.80. The fraction of sp³-hybridized carbons (Fsp3) is 0.286. The molecule has 2 N–H and O–H groups in total. The van der Waals surface area contributed by atoms with E-state index in [9.17, 15) is 9.18 Å². The molecule has 0 saturated heterocycles. The summed E-state index contributed by atoms with van der Waals surface area (Å²) in [5.41, 5.74) is 3.30. The molecule has 1 amide bonds. The highest BCUT2D eigenvalue weighted by Crippen LogP contribution is 2.30. The molecule has 3 rings (SSSR count). The van der Waals surface area contributed by atoms with Gasteiger partial charge in [-0.15, -0.1) is 0 Å². The summed E-state index contributed by atoms with van der Waals surface area (Å²) in [6, 6.07) is 5.57. The van der Waals surface area contributed by atoms with Gasteiger partial charge in [0, 0.05) is 41.8 Å². The number of hydrogen-bond acceptors (Lipinski definition) is 2. The van der Waals surface area contributed by atoms with E-state index in [1.165, 1.54) is 0 Å². The predicted octanol–water partition coefficient (Wildman–Crippen LogP) is 2.26.